The van der Waals surface area contributed by atoms with Crippen LogP contribution in [0.1, 0.15) is 17.8 Å². The summed E-state index contributed by atoms with van der Waals surface area (Å²) in [6.45, 7) is 0.291. The zero-order chi connectivity index (χ0) is 13.8. The minimum atomic E-state index is -0.590. The van der Waals surface area contributed by atoms with E-state index in [2.05, 4.69) is 25.7 Å². The van der Waals surface area contributed by atoms with E-state index in [1.165, 1.54) is 6.33 Å². The van der Waals surface area contributed by atoms with E-state index < -0.39 is 6.10 Å². The number of nitrogens with one attached hydrogen (secondary N) is 2. The van der Waals surface area contributed by atoms with Crippen LogP contribution in [0.3, 0.4) is 0 Å². The summed E-state index contributed by atoms with van der Waals surface area (Å²) in [7, 11) is 0. The molecule has 1 amide bonds. The number of aromatic nitrogens is 3. The molecule has 0 bridgehead atoms. The first kappa shape index (κ1) is 12.3. The molecule has 7 nitrogen and oxygen atoms in total. The van der Waals surface area contributed by atoms with Gasteiger partial charge in [-0.2, -0.15) is 5.10 Å². The fraction of sp³-hybridized carbons (Fsp3) is 0.231. The van der Waals surface area contributed by atoms with Crippen LogP contribution >= 0.6 is 0 Å². The van der Waals surface area contributed by atoms with Crippen molar-refractivity contribution in [2.75, 3.05) is 0 Å². The van der Waals surface area contributed by atoms with Gasteiger partial charge >= 0.3 is 0 Å². The summed E-state index contributed by atoms with van der Waals surface area (Å²) in [5, 5.41) is 13.1. The van der Waals surface area contributed by atoms with Crippen LogP contribution in [0.4, 0.5) is 0 Å². The lowest BCUT2D eigenvalue weighted by Crippen LogP contribution is -2.34. The number of carbonyl (C=O) groups is 1. The van der Waals surface area contributed by atoms with Crippen molar-refractivity contribution in [1.82, 2.24) is 20.5 Å². The molecule has 3 rings (SSSR count). The summed E-state index contributed by atoms with van der Waals surface area (Å²) in [5.74, 6) is 0.386. The average molecular weight is 271 g/mol. The molecule has 7 heteroatoms. The molecule has 0 saturated heterocycles. The van der Waals surface area contributed by atoms with E-state index in [9.17, 15) is 4.79 Å². The molecule has 1 aromatic heterocycles. The van der Waals surface area contributed by atoms with Crippen LogP contribution in [0.15, 0.2) is 41.8 Å². The molecule has 1 atom stereocenters. The van der Waals surface area contributed by atoms with Crippen LogP contribution in [0.2, 0.25) is 0 Å². The maximum Gasteiger partial charge on any atom is 0.264 e. The van der Waals surface area contributed by atoms with Crippen LogP contribution in [-0.2, 0) is 16.2 Å². The van der Waals surface area contributed by atoms with E-state index in [1.54, 1.807) is 0 Å². The van der Waals surface area contributed by atoms with Gasteiger partial charge in [0.1, 0.15) is 12.2 Å². The molecule has 1 unspecified atom stereocenters. The van der Waals surface area contributed by atoms with Gasteiger partial charge in [-0.05, 0) is 5.56 Å². The molecule has 2 heterocycles. The fourth-order valence-corrected chi connectivity index (χ4v) is 1.92. The summed E-state index contributed by atoms with van der Waals surface area (Å²) in [6, 6.07) is 9.67. The second kappa shape index (κ2) is 5.52. The lowest BCUT2D eigenvalue weighted by Gasteiger charge is -2.07. The van der Waals surface area contributed by atoms with Crippen LogP contribution in [-0.4, -0.2) is 32.9 Å². The van der Waals surface area contributed by atoms with E-state index in [1.807, 2.05) is 30.3 Å². The number of carbonyl (C=O) groups excluding carboxylic acids is 1. The first-order valence-corrected chi connectivity index (χ1v) is 6.23. The van der Waals surface area contributed by atoms with Gasteiger partial charge in [-0.3, -0.25) is 9.89 Å². The highest BCUT2D eigenvalue weighted by atomic mass is 16.6. The van der Waals surface area contributed by atoms with E-state index in [-0.39, 0.29) is 5.91 Å². The molecular weight excluding hydrogens is 258 g/mol. The van der Waals surface area contributed by atoms with E-state index >= 15 is 0 Å². The summed E-state index contributed by atoms with van der Waals surface area (Å²) in [6.07, 6.45) is 1.27. The van der Waals surface area contributed by atoms with Crippen LogP contribution in [0.25, 0.3) is 0 Å². The molecule has 0 saturated carbocycles. The molecular formula is C13H13N5O2. The molecule has 0 spiro atoms. The fourth-order valence-electron chi connectivity index (χ4n) is 1.92. The molecule has 0 radical (unpaired) electrons. The Morgan fingerprint density at radius 2 is 2.25 bits per heavy atom. The number of hydrogen-bond donors (Lipinski definition) is 2. The molecule has 1 aliphatic rings. The number of nitrogens with zero attached hydrogens (tertiary/aromatic N) is 3. The molecule has 2 N–H and O–H groups in total. The molecule has 20 heavy (non-hydrogen) atoms. The summed E-state index contributed by atoms with van der Waals surface area (Å²) < 4.78 is 0. The van der Waals surface area contributed by atoms with E-state index in [0.717, 1.165) is 11.3 Å². The van der Waals surface area contributed by atoms with Gasteiger partial charge in [0.05, 0.1) is 12.3 Å². The van der Waals surface area contributed by atoms with Gasteiger partial charge in [0.2, 0.25) is 6.10 Å². The Morgan fingerprint density at radius 1 is 1.40 bits per heavy atom. The van der Waals surface area contributed by atoms with Crippen molar-refractivity contribution in [2.24, 2.45) is 5.16 Å². The zero-order valence-corrected chi connectivity index (χ0v) is 10.6. The minimum absolute atomic E-state index is 0.212. The third-order valence-electron chi connectivity index (χ3n) is 2.96. The Hall–Kier alpha value is -2.70. The zero-order valence-electron chi connectivity index (χ0n) is 10.6. The largest absolute Gasteiger partial charge is 0.382 e. The first-order valence-electron chi connectivity index (χ1n) is 6.23. The van der Waals surface area contributed by atoms with Gasteiger partial charge in [-0.15, -0.1) is 0 Å². The summed E-state index contributed by atoms with van der Waals surface area (Å²) >= 11 is 0. The number of aromatic amines is 1. The topological polar surface area (TPSA) is 92.3 Å². The highest BCUT2D eigenvalue weighted by molar-refractivity contribution is 6.03. The van der Waals surface area contributed by atoms with Crippen LogP contribution < -0.4 is 5.32 Å². The Kier molecular flexibility index (Phi) is 3.40. The van der Waals surface area contributed by atoms with E-state index in [4.69, 9.17) is 4.84 Å². The number of amides is 1. The maximum atomic E-state index is 11.9. The highest BCUT2D eigenvalue weighted by Gasteiger charge is 2.28. The molecule has 1 aliphatic heterocycles. The predicted molar refractivity (Wildman–Crippen MR) is 70.7 cm³/mol. The van der Waals surface area contributed by atoms with Gasteiger partial charge in [-0.25, -0.2) is 4.98 Å². The second-order valence-corrected chi connectivity index (χ2v) is 4.35. The predicted octanol–water partition coefficient (Wildman–Crippen LogP) is 0.614. The number of hydrogen-bond acceptors (Lipinski definition) is 5. The number of H-pyrrole nitrogens is 1. The second-order valence-electron chi connectivity index (χ2n) is 4.35. The number of rotatable bonds is 4. The van der Waals surface area contributed by atoms with Gasteiger partial charge in [0, 0.05) is 6.42 Å². The molecule has 0 aliphatic carbocycles. The smallest absolute Gasteiger partial charge is 0.264 e. The summed E-state index contributed by atoms with van der Waals surface area (Å²) in [5.41, 5.74) is 1.75. The molecule has 0 fully saturated rings. The lowest BCUT2D eigenvalue weighted by atomic mass is 10.0. The Bertz CT molecular complexity index is 609. The third-order valence-corrected chi connectivity index (χ3v) is 2.96. The molecule has 102 valence electrons. The standard InChI is InChI=1S/C13H13N5O2/c19-13(14-7-12-15-8-16-17-12)11-6-10(18-20-11)9-4-2-1-3-5-9/h1-5,8,11H,6-7H2,(H,14,19)(H,15,16,17). The maximum absolute atomic E-state index is 11.9. The highest BCUT2D eigenvalue weighted by Crippen LogP contribution is 2.16. The lowest BCUT2D eigenvalue weighted by molar-refractivity contribution is -0.131. The van der Waals surface area contributed by atoms with Gasteiger partial charge in [0.25, 0.3) is 5.91 Å². The van der Waals surface area contributed by atoms with Crippen molar-refractivity contribution in [1.29, 1.82) is 0 Å². The Labute approximate surface area is 115 Å². The van der Waals surface area contributed by atoms with Crippen LogP contribution in [0.5, 0.6) is 0 Å². The minimum Gasteiger partial charge on any atom is -0.382 e. The monoisotopic (exact) mass is 271 g/mol. The van der Waals surface area contributed by atoms with Gasteiger partial charge in [-0.1, -0.05) is 35.5 Å². The van der Waals surface area contributed by atoms with Gasteiger partial charge < -0.3 is 10.2 Å². The number of benzene rings is 1. The Balaban J connectivity index is 1.54. The molecule has 2 aromatic rings. The summed E-state index contributed by atoms with van der Waals surface area (Å²) in [4.78, 5) is 21.1. The third kappa shape index (κ3) is 2.66. The van der Waals surface area contributed by atoms with E-state index in [0.29, 0.717) is 18.8 Å². The van der Waals surface area contributed by atoms with Crippen molar-refractivity contribution in [3.63, 3.8) is 0 Å². The SMILES string of the molecule is O=C(NCc1ncn[nH]1)C1CC(c2ccccc2)=NO1. The van der Waals surface area contributed by atoms with Gasteiger partial charge in [0.15, 0.2) is 0 Å². The Morgan fingerprint density at radius 3 is 3.00 bits per heavy atom. The van der Waals surface area contributed by atoms with Crippen molar-refractivity contribution in [2.45, 2.75) is 19.1 Å². The van der Waals surface area contributed by atoms with Crippen LogP contribution in [0, 0.1) is 0 Å². The van der Waals surface area contributed by atoms with Crippen molar-refractivity contribution in [3.8, 4) is 0 Å². The quantitative estimate of drug-likeness (QED) is 0.852. The average Bonchev–Trinajstić information content (AvgIpc) is 3.17. The molecule has 1 aromatic carbocycles. The van der Waals surface area contributed by atoms with Crippen molar-refractivity contribution < 1.29 is 9.63 Å². The van der Waals surface area contributed by atoms with Crippen molar-refractivity contribution in [3.05, 3.63) is 48.0 Å². The normalized spacial score (nSPS) is 17.4. The number of oxime groups is 1. The first-order chi connectivity index (χ1) is 9.83. The van der Waals surface area contributed by atoms with Crippen molar-refractivity contribution >= 4 is 11.6 Å².